The van der Waals surface area contributed by atoms with E-state index >= 15 is 0 Å². The highest BCUT2D eigenvalue weighted by atomic mass is 14.8. The molecular formula is C12H22N2. The first-order valence-electron chi connectivity index (χ1n) is 5.06. The second kappa shape index (κ2) is 8.57. The van der Waals surface area contributed by atoms with Crippen LogP contribution in [0.15, 0.2) is 36.6 Å². The Balaban J connectivity index is 4.13. The van der Waals surface area contributed by atoms with Gasteiger partial charge in [0.05, 0.1) is 0 Å². The summed E-state index contributed by atoms with van der Waals surface area (Å²) in [4.78, 5) is 0. The summed E-state index contributed by atoms with van der Waals surface area (Å²) in [6, 6.07) is 0. The molecule has 0 heterocycles. The third-order valence-corrected chi connectivity index (χ3v) is 2.07. The van der Waals surface area contributed by atoms with Crippen LogP contribution in [0.4, 0.5) is 0 Å². The molecule has 0 saturated carbocycles. The van der Waals surface area contributed by atoms with E-state index in [-0.39, 0.29) is 0 Å². The molecule has 0 aliphatic rings. The predicted octanol–water partition coefficient (Wildman–Crippen LogP) is 2.22. The zero-order chi connectivity index (χ0) is 10.8. The fraction of sp³-hybridized carbons (Fsp3) is 0.500. The first-order chi connectivity index (χ1) is 6.74. The first kappa shape index (κ1) is 13.0. The van der Waals surface area contributed by atoms with Gasteiger partial charge in [0.1, 0.15) is 0 Å². The lowest BCUT2D eigenvalue weighted by Crippen LogP contribution is -2.09. The maximum absolute atomic E-state index is 3.90. The number of nitrogens with one attached hydrogen (secondary N) is 2. The Morgan fingerprint density at radius 3 is 2.50 bits per heavy atom. The minimum Gasteiger partial charge on any atom is -0.389 e. The van der Waals surface area contributed by atoms with Gasteiger partial charge in [-0.1, -0.05) is 18.2 Å². The summed E-state index contributed by atoms with van der Waals surface area (Å²) in [7, 11) is 3.86. The Morgan fingerprint density at radius 2 is 2.00 bits per heavy atom. The summed E-state index contributed by atoms with van der Waals surface area (Å²) in [5.41, 5.74) is 2.39. The molecule has 0 aliphatic heterocycles. The van der Waals surface area contributed by atoms with Crippen molar-refractivity contribution in [1.29, 1.82) is 0 Å². The molecule has 2 N–H and O–H groups in total. The largest absolute Gasteiger partial charge is 0.389 e. The van der Waals surface area contributed by atoms with Crippen molar-refractivity contribution in [3.05, 3.63) is 36.6 Å². The van der Waals surface area contributed by atoms with Crippen molar-refractivity contribution < 1.29 is 0 Å². The average Bonchev–Trinajstić information content (AvgIpc) is 2.21. The Hall–Kier alpha value is -1.02. The van der Waals surface area contributed by atoms with Crippen molar-refractivity contribution in [1.82, 2.24) is 10.6 Å². The van der Waals surface area contributed by atoms with Gasteiger partial charge in [-0.3, -0.25) is 0 Å². The van der Waals surface area contributed by atoms with Gasteiger partial charge in [-0.2, -0.15) is 0 Å². The standard InChI is InChI=1S/C12H22N2/c1-5-6-7-12(8-9-13-3)10-11(2)14-4/h5,10,13-14H,1-2,6-9H2,3-4H3/b12-10-. The highest BCUT2D eigenvalue weighted by Crippen LogP contribution is 2.11. The maximum atomic E-state index is 3.90. The summed E-state index contributed by atoms with van der Waals surface area (Å²) in [5, 5.41) is 6.18. The molecule has 14 heavy (non-hydrogen) atoms. The van der Waals surface area contributed by atoms with Gasteiger partial charge in [-0.05, 0) is 38.9 Å². The number of rotatable bonds is 8. The molecule has 0 atom stereocenters. The molecule has 0 rings (SSSR count). The van der Waals surface area contributed by atoms with Gasteiger partial charge in [0.25, 0.3) is 0 Å². The summed E-state index contributed by atoms with van der Waals surface area (Å²) < 4.78 is 0. The Morgan fingerprint density at radius 1 is 1.29 bits per heavy atom. The van der Waals surface area contributed by atoms with Crippen molar-refractivity contribution in [3.8, 4) is 0 Å². The van der Waals surface area contributed by atoms with Gasteiger partial charge in [0.2, 0.25) is 0 Å². The topological polar surface area (TPSA) is 24.1 Å². The third kappa shape index (κ3) is 6.49. The van der Waals surface area contributed by atoms with Crippen LogP contribution in [0, 0.1) is 0 Å². The van der Waals surface area contributed by atoms with E-state index in [4.69, 9.17) is 0 Å². The minimum absolute atomic E-state index is 0.972. The molecule has 0 aromatic rings. The molecule has 0 aromatic carbocycles. The van der Waals surface area contributed by atoms with Crippen molar-refractivity contribution in [2.75, 3.05) is 20.6 Å². The van der Waals surface area contributed by atoms with Gasteiger partial charge < -0.3 is 10.6 Å². The van der Waals surface area contributed by atoms with Crippen LogP contribution in [-0.2, 0) is 0 Å². The van der Waals surface area contributed by atoms with E-state index in [9.17, 15) is 0 Å². The van der Waals surface area contributed by atoms with Gasteiger partial charge in [-0.25, -0.2) is 0 Å². The molecular weight excluding hydrogens is 172 g/mol. The lowest BCUT2D eigenvalue weighted by Gasteiger charge is -2.07. The molecule has 0 radical (unpaired) electrons. The van der Waals surface area contributed by atoms with Crippen LogP contribution in [0.2, 0.25) is 0 Å². The highest BCUT2D eigenvalue weighted by Gasteiger charge is 1.96. The van der Waals surface area contributed by atoms with E-state index in [2.05, 4.69) is 29.9 Å². The fourth-order valence-electron chi connectivity index (χ4n) is 1.16. The SMILES string of the molecule is C=CCC/C(=C/C(=C)NC)CCNC. The summed E-state index contributed by atoms with van der Waals surface area (Å²) in [5.74, 6) is 0. The van der Waals surface area contributed by atoms with E-state index in [0.717, 1.165) is 31.5 Å². The Bertz CT molecular complexity index is 204. The second-order valence-corrected chi connectivity index (χ2v) is 3.26. The van der Waals surface area contributed by atoms with Crippen LogP contribution < -0.4 is 10.6 Å². The van der Waals surface area contributed by atoms with E-state index in [1.807, 2.05) is 20.2 Å². The lowest BCUT2D eigenvalue weighted by molar-refractivity contribution is 0.755. The number of allylic oxidation sites excluding steroid dienone is 2. The Kier molecular flexibility index (Phi) is 7.95. The zero-order valence-electron chi connectivity index (χ0n) is 9.40. The van der Waals surface area contributed by atoms with Gasteiger partial charge in [0, 0.05) is 12.7 Å². The Labute approximate surface area is 87.8 Å². The maximum Gasteiger partial charge on any atom is 0.0264 e. The minimum atomic E-state index is 0.972. The zero-order valence-corrected chi connectivity index (χ0v) is 9.40. The number of hydrogen-bond donors (Lipinski definition) is 2. The summed E-state index contributed by atoms with van der Waals surface area (Å²) in [6.07, 6.45) is 7.26. The fourth-order valence-corrected chi connectivity index (χ4v) is 1.16. The molecule has 2 nitrogen and oxygen atoms in total. The second-order valence-electron chi connectivity index (χ2n) is 3.26. The average molecular weight is 194 g/mol. The number of hydrogen-bond acceptors (Lipinski definition) is 2. The summed E-state index contributed by atoms with van der Waals surface area (Å²) in [6.45, 7) is 8.64. The first-order valence-corrected chi connectivity index (χ1v) is 5.06. The molecule has 0 saturated heterocycles. The van der Waals surface area contributed by atoms with Crippen LogP contribution in [0.5, 0.6) is 0 Å². The molecule has 2 heteroatoms. The van der Waals surface area contributed by atoms with Gasteiger partial charge in [-0.15, -0.1) is 6.58 Å². The third-order valence-electron chi connectivity index (χ3n) is 2.07. The van der Waals surface area contributed by atoms with E-state index < -0.39 is 0 Å². The quantitative estimate of drug-likeness (QED) is 0.457. The molecule has 0 aromatic heterocycles. The van der Waals surface area contributed by atoms with Crippen molar-refractivity contribution in [2.24, 2.45) is 0 Å². The van der Waals surface area contributed by atoms with E-state index in [0.29, 0.717) is 0 Å². The van der Waals surface area contributed by atoms with Crippen molar-refractivity contribution in [3.63, 3.8) is 0 Å². The molecule has 0 bridgehead atoms. The van der Waals surface area contributed by atoms with E-state index in [1.54, 1.807) is 0 Å². The van der Waals surface area contributed by atoms with Crippen molar-refractivity contribution in [2.45, 2.75) is 19.3 Å². The van der Waals surface area contributed by atoms with Crippen LogP contribution in [0.3, 0.4) is 0 Å². The molecule has 0 amide bonds. The number of likely N-dealkylation sites (N-methyl/N-ethyl adjacent to an activating group) is 1. The van der Waals surface area contributed by atoms with Crippen LogP contribution in [-0.4, -0.2) is 20.6 Å². The van der Waals surface area contributed by atoms with Gasteiger partial charge in [0.15, 0.2) is 0 Å². The highest BCUT2D eigenvalue weighted by molar-refractivity contribution is 5.19. The molecule has 0 spiro atoms. The molecule has 0 aliphatic carbocycles. The van der Waals surface area contributed by atoms with Crippen molar-refractivity contribution >= 4 is 0 Å². The normalized spacial score (nSPS) is 11.1. The molecule has 0 unspecified atom stereocenters. The molecule has 0 fully saturated rings. The summed E-state index contributed by atoms with van der Waals surface area (Å²) >= 11 is 0. The van der Waals surface area contributed by atoms with E-state index in [1.165, 1.54) is 5.57 Å². The molecule has 80 valence electrons. The predicted molar refractivity (Wildman–Crippen MR) is 64.3 cm³/mol. The monoisotopic (exact) mass is 194 g/mol. The van der Waals surface area contributed by atoms with Crippen LogP contribution in [0.1, 0.15) is 19.3 Å². The van der Waals surface area contributed by atoms with Crippen LogP contribution >= 0.6 is 0 Å². The lowest BCUT2D eigenvalue weighted by atomic mass is 10.1. The van der Waals surface area contributed by atoms with Crippen LogP contribution in [0.25, 0.3) is 0 Å². The van der Waals surface area contributed by atoms with Gasteiger partial charge >= 0.3 is 0 Å². The smallest absolute Gasteiger partial charge is 0.0264 e.